The summed E-state index contributed by atoms with van der Waals surface area (Å²) in [5.74, 6) is -0.550. The zero-order chi connectivity index (χ0) is 15.5. The standard InChI is InChI=1S/C14H26N2O4S/c1-21(19,20)16-8-4-5-12(10-16)9-15(11-14(17)18)13-6-2-3-7-13/h12-13H,2-11H2,1H3,(H,17,18). The van der Waals surface area contributed by atoms with E-state index < -0.39 is 16.0 Å². The number of rotatable bonds is 6. The van der Waals surface area contributed by atoms with Crippen LogP contribution in [0.25, 0.3) is 0 Å². The van der Waals surface area contributed by atoms with Gasteiger partial charge in [-0.05, 0) is 31.6 Å². The van der Waals surface area contributed by atoms with E-state index in [0.717, 1.165) is 25.7 Å². The summed E-state index contributed by atoms with van der Waals surface area (Å²) in [6.07, 6.45) is 7.56. The fraction of sp³-hybridized carbons (Fsp3) is 0.929. The first-order valence-electron chi connectivity index (χ1n) is 7.77. The Morgan fingerprint density at radius 3 is 2.48 bits per heavy atom. The van der Waals surface area contributed by atoms with Crippen molar-refractivity contribution in [2.75, 3.05) is 32.4 Å². The largest absolute Gasteiger partial charge is 0.480 e. The molecule has 0 bridgehead atoms. The van der Waals surface area contributed by atoms with Crippen molar-refractivity contribution in [3.05, 3.63) is 0 Å². The van der Waals surface area contributed by atoms with Crippen LogP contribution in [0, 0.1) is 5.92 Å². The summed E-state index contributed by atoms with van der Waals surface area (Å²) in [4.78, 5) is 13.1. The molecule has 1 heterocycles. The zero-order valence-electron chi connectivity index (χ0n) is 12.7. The molecular formula is C14H26N2O4S. The van der Waals surface area contributed by atoms with Crippen LogP contribution in [-0.2, 0) is 14.8 Å². The minimum Gasteiger partial charge on any atom is -0.480 e. The van der Waals surface area contributed by atoms with Crippen molar-refractivity contribution >= 4 is 16.0 Å². The van der Waals surface area contributed by atoms with Crippen LogP contribution in [0.15, 0.2) is 0 Å². The van der Waals surface area contributed by atoms with Gasteiger partial charge in [0.15, 0.2) is 0 Å². The Labute approximate surface area is 127 Å². The molecule has 7 heteroatoms. The minimum atomic E-state index is -3.14. The average molecular weight is 318 g/mol. The maximum atomic E-state index is 11.7. The summed E-state index contributed by atoms with van der Waals surface area (Å²) in [7, 11) is -3.14. The molecule has 122 valence electrons. The summed E-state index contributed by atoms with van der Waals surface area (Å²) < 4.78 is 24.9. The van der Waals surface area contributed by atoms with Gasteiger partial charge >= 0.3 is 5.97 Å². The first-order chi connectivity index (χ1) is 9.86. The van der Waals surface area contributed by atoms with Gasteiger partial charge in [0.2, 0.25) is 10.0 Å². The molecule has 1 unspecified atom stereocenters. The lowest BCUT2D eigenvalue weighted by Crippen LogP contribution is -2.46. The highest BCUT2D eigenvalue weighted by Crippen LogP contribution is 2.26. The minimum absolute atomic E-state index is 0.0695. The Morgan fingerprint density at radius 2 is 1.90 bits per heavy atom. The number of piperidine rings is 1. The maximum Gasteiger partial charge on any atom is 0.317 e. The van der Waals surface area contributed by atoms with Gasteiger partial charge < -0.3 is 5.11 Å². The second-order valence-electron chi connectivity index (χ2n) is 6.39. The molecule has 1 N–H and O–H groups in total. The van der Waals surface area contributed by atoms with Gasteiger partial charge in [-0.25, -0.2) is 12.7 Å². The van der Waals surface area contributed by atoms with E-state index in [0.29, 0.717) is 25.7 Å². The van der Waals surface area contributed by atoms with E-state index in [2.05, 4.69) is 4.90 Å². The van der Waals surface area contributed by atoms with Crippen molar-refractivity contribution in [1.82, 2.24) is 9.21 Å². The van der Waals surface area contributed by atoms with Gasteiger partial charge in [-0.15, -0.1) is 0 Å². The number of sulfonamides is 1. The van der Waals surface area contributed by atoms with Gasteiger partial charge in [-0.3, -0.25) is 9.69 Å². The van der Waals surface area contributed by atoms with Gasteiger partial charge in [0.05, 0.1) is 12.8 Å². The van der Waals surface area contributed by atoms with Crippen molar-refractivity contribution < 1.29 is 18.3 Å². The predicted octanol–water partition coefficient (Wildman–Crippen LogP) is 0.987. The molecule has 1 aliphatic heterocycles. The molecule has 0 aromatic carbocycles. The first kappa shape index (κ1) is 16.7. The SMILES string of the molecule is CS(=O)(=O)N1CCCC(CN(CC(=O)O)C2CCCC2)C1. The quantitative estimate of drug-likeness (QED) is 0.790. The lowest BCUT2D eigenvalue weighted by Gasteiger charge is -2.36. The fourth-order valence-electron chi connectivity index (χ4n) is 3.59. The third-order valence-electron chi connectivity index (χ3n) is 4.62. The molecule has 2 fully saturated rings. The molecule has 2 aliphatic rings. The van der Waals surface area contributed by atoms with Gasteiger partial charge in [0.1, 0.15) is 0 Å². The summed E-state index contributed by atoms with van der Waals surface area (Å²) in [5, 5.41) is 9.11. The molecule has 2 rings (SSSR count). The van der Waals surface area contributed by atoms with E-state index in [4.69, 9.17) is 5.11 Å². The number of hydrogen-bond acceptors (Lipinski definition) is 4. The lowest BCUT2D eigenvalue weighted by molar-refractivity contribution is -0.139. The van der Waals surface area contributed by atoms with Crippen LogP contribution >= 0.6 is 0 Å². The molecule has 0 spiro atoms. The lowest BCUT2D eigenvalue weighted by atomic mass is 9.98. The molecule has 1 atom stereocenters. The van der Waals surface area contributed by atoms with E-state index in [1.54, 1.807) is 0 Å². The number of nitrogens with zero attached hydrogens (tertiary/aromatic N) is 2. The fourth-order valence-corrected chi connectivity index (χ4v) is 4.54. The normalized spacial score (nSPS) is 25.5. The molecule has 0 amide bonds. The number of carbonyl (C=O) groups is 1. The smallest absolute Gasteiger partial charge is 0.317 e. The topological polar surface area (TPSA) is 77.9 Å². The number of carboxylic acid groups (broad SMARTS) is 1. The number of aliphatic carboxylic acids is 1. The molecule has 21 heavy (non-hydrogen) atoms. The van der Waals surface area contributed by atoms with Crippen molar-refractivity contribution in [3.8, 4) is 0 Å². The van der Waals surface area contributed by atoms with E-state index in [1.165, 1.54) is 23.4 Å². The summed E-state index contributed by atoms with van der Waals surface area (Å²) >= 11 is 0. The maximum absolute atomic E-state index is 11.7. The van der Waals surface area contributed by atoms with Crippen LogP contribution in [0.1, 0.15) is 38.5 Å². The molecule has 0 aromatic heterocycles. The van der Waals surface area contributed by atoms with Crippen LogP contribution in [0.2, 0.25) is 0 Å². The molecule has 0 aromatic rings. The second kappa shape index (κ2) is 7.07. The van der Waals surface area contributed by atoms with Gasteiger partial charge in [0.25, 0.3) is 0 Å². The molecule has 1 saturated carbocycles. The highest BCUT2D eigenvalue weighted by molar-refractivity contribution is 7.88. The highest BCUT2D eigenvalue weighted by atomic mass is 32.2. The second-order valence-corrected chi connectivity index (χ2v) is 8.37. The summed E-state index contributed by atoms with van der Waals surface area (Å²) in [6, 6.07) is 0.356. The molecule has 0 radical (unpaired) electrons. The number of hydrogen-bond donors (Lipinski definition) is 1. The summed E-state index contributed by atoms with van der Waals surface area (Å²) in [6.45, 7) is 1.89. The summed E-state index contributed by atoms with van der Waals surface area (Å²) in [5.41, 5.74) is 0. The van der Waals surface area contributed by atoms with Gasteiger partial charge in [0, 0.05) is 25.7 Å². The monoisotopic (exact) mass is 318 g/mol. The zero-order valence-corrected chi connectivity index (χ0v) is 13.5. The Kier molecular flexibility index (Phi) is 5.62. The number of carboxylic acids is 1. The Morgan fingerprint density at radius 1 is 1.24 bits per heavy atom. The van der Waals surface area contributed by atoms with Crippen LogP contribution in [0.5, 0.6) is 0 Å². The van der Waals surface area contributed by atoms with Crippen molar-refractivity contribution in [1.29, 1.82) is 0 Å². The van der Waals surface area contributed by atoms with Crippen LogP contribution < -0.4 is 0 Å². The predicted molar refractivity (Wildman–Crippen MR) is 80.6 cm³/mol. The average Bonchev–Trinajstić information content (AvgIpc) is 2.90. The van der Waals surface area contributed by atoms with E-state index in [9.17, 15) is 13.2 Å². The Bertz CT molecular complexity index is 460. The van der Waals surface area contributed by atoms with Crippen LogP contribution in [0.4, 0.5) is 0 Å². The molecule has 6 nitrogen and oxygen atoms in total. The van der Waals surface area contributed by atoms with E-state index in [1.807, 2.05) is 0 Å². The molecule has 1 saturated heterocycles. The Balaban J connectivity index is 1.97. The van der Waals surface area contributed by atoms with Crippen LogP contribution in [-0.4, -0.2) is 67.2 Å². The van der Waals surface area contributed by atoms with Crippen molar-refractivity contribution in [3.63, 3.8) is 0 Å². The van der Waals surface area contributed by atoms with Crippen LogP contribution in [0.3, 0.4) is 0 Å². The van der Waals surface area contributed by atoms with Gasteiger partial charge in [-0.1, -0.05) is 12.8 Å². The third kappa shape index (κ3) is 4.93. The van der Waals surface area contributed by atoms with E-state index in [-0.39, 0.29) is 12.5 Å². The highest BCUT2D eigenvalue weighted by Gasteiger charge is 2.30. The molecule has 1 aliphatic carbocycles. The Hall–Kier alpha value is -0.660. The van der Waals surface area contributed by atoms with E-state index >= 15 is 0 Å². The van der Waals surface area contributed by atoms with Gasteiger partial charge in [-0.2, -0.15) is 0 Å². The van der Waals surface area contributed by atoms with Crippen molar-refractivity contribution in [2.24, 2.45) is 5.92 Å². The third-order valence-corrected chi connectivity index (χ3v) is 5.89. The van der Waals surface area contributed by atoms with Crippen molar-refractivity contribution in [2.45, 2.75) is 44.6 Å². The molecular weight excluding hydrogens is 292 g/mol. The first-order valence-corrected chi connectivity index (χ1v) is 9.62.